The number of urea groups is 1. The van der Waals surface area contributed by atoms with E-state index in [2.05, 4.69) is 10.3 Å². The summed E-state index contributed by atoms with van der Waals surface area (Å²) in [6.45, 7) is 0.0915. The summed E-state index contributed by atoms with van der Waals surface area (Å²) < 4.78 is 13.8. The van der Waals surface area contributed by atoms with E-state index in [0.29, 0.717) is 22.9 Å². The fourth-order valence-electron chi connectivity index (χ4n) is 2.65. The number of fused-ring (bicyclic) bond motifs is 1. The van der Waals surface area contributed by atoms with Crippen molar-refractivity contribution in [1.82, 2.24) is 15.2 Å². The Bertz CT molecular complexity index is 768. The van der Waals surface area contributed by atoms with E-state index in [9.17, 15) is 14.0 Å². The van der Waals surface area contributed by atoms with Crippen molar-refractivity contribution in [3.63, 3.8) is 0 Å². The summed E-state index contributed by atoms with van der Waals surface area (Å²) in [5.41, 5.74) is 1.12. The van der Waals surface area contributed by atoms with Gasteiger partial charge in [0.1, 0.15) is 11.9 Å². The van der Waals surface area contributed by atoms with Gasteiger partial charge in [-0.15, -0.1) is 0 Å². The van der Waals surface area contributed by atoms with Crippen molar-refractivity contribution >= 4 is 34.6 Å². The predicted octanol–water partition coefficient (Wildman–Crippen LogP) is 2.55. The van der Waals surface area contributed by atoms with Gasteiger partial charge in [-0.3, -0.25) is 14.7 Å². The van der Waals surface area contributed by atoms with Crippen LogP contribution in [0.3, 0.4) is 0 Å². The number of hydrogen-bond acceptors (Lipinski definition) is 4. The van der Waals surface area contributed by atoms with Crippen LogP contribution < -0.4 is 5.32 Å². The second-order valence-corrected chi connectivity index (χ2v) is 6.30. The van der Waals surface area contributed by atoms with Crippen LogP contribution in [0, 0.1) is 5.82 Å². The van der Waals surface area contributed by atoms with Crippen molar-refractivity contribution < 1.29 is 14.0 Å². The first-order chi connectivity index (χ1) is 11.1. The van der Waals surface area contributed by atoms with Gasteiger partial charge in [-0.2, -0.15) is 11.8 Å². The molecule has 1 fully saturated rings. The minimum Gasteiger partial charge on any atom is -0.326 e. The quantitative estimate of drug-likeness (QED) is 0.854. The molecule has 1 aliphatic rings. The summed E-state index contributed by atoms with van der Waals surface area (Å²) in [6, 6.07) is 5.31. The molecule has 1 unspecified atom stereocenters. The van der Waals surface area contributed by atoms with Crippen LogP contribution in [-0.4, -0.2) is 39.9 Å². The number of hydrogen-bond donors (Lipinski definition) is 1. The molecule has 5 nitrogen and oxygen atoms in total. The minimum absolute atomic E-state index is 0.0915. The number of halogens is 1. The third-order valence-electron chi connectivity index (χ3n) is 3.85. The molecule has 1 saturated heterocycles. The number of thioether (sulfide) groups is 1. The lowest BCUT2D eigenvalue weighted by Crippen LogP contribution is -2.31. The van der Waals surface area contributed by atoms with Gasteiger partial charge >= 0.3 is 6.03 Å². The highest BCUT2D eigenvalue weighted by atomic mass is 32.2. The first-order valence-corrected chi connectivity index (χ1v) is 8.64. The van der Waals surface area contributed by atoms with E-state index in [1.54, 1.807) is 36.2 Å². The topological polar surface area (TPSA) is 62.3 Å². The fourth-order valence-corrected chi connectivity index (χ4v) is 3.12. The number of amides is 3. The average molecular weight is 333 g/mol. The van der Waals surface area contributed by atoms with Crippen LogP contribution in [0.5, 0.6) is 0 Å². The molecule has 7 heteroatoms. The smallest absolute Gasteiger partial charge is 0.325 e. The molecule has 0 saturated carbocycles. The Balaban J connectivity index is 1.86. The van der Waals surface area contributed by atoms with Crippen LogP contribution in [-0.2, 0) is 11.3 Å². The second kappa shape index (κ2) is 6.54. The van der Waals surface area contributed by atoms with Crippen molar-refractivity contribution in [2.75, 3.05) is 12.0 Å². The van der Waals surface area contributed by atoms with Gasteiger partial charge in [0.05, 0.1) is 12.1 Å². The molecule has 0 bridgehead atoms. The molecular formula is C16H16FN3O2S. The van der Waals surface area contributed by atoms with Gasteiger partial charge in [0.2, 0.25) is 0 Å². The third kappa shape index (κ3) is 3.01. The monoisotopic (exact) mass is 333 g/mol. The summed E-state index contributed by atoms with van der Waals surface area (Å²) in [4.78, 5) is 29.8. The summed E-state index contributed by atoms with van der Waals surface area (Å²) in [5.74, 6) is 0.190. The molecule has 1 aromatic heterocycles. The number of nitrogens with zero attached hydrogens (tertiary/aromatic N) is 2. The standard InChI is InChI=1S/C16H16FN3O2S/c1-23-8-6-13-15(21)20(16(22)19-13)9-10-4-5-12(17)11-3-2-7-18-14(10)11/h2-5,7,13H,6,8-9H2,1H3,(H,19,22). The first kappa shape index (κ1) is 15.7. The fraction of sp³-hybridized carbons (Fsp3) is 0.312. The minimum atomic E-state index is -0.477. The number of rotatable bonds is 5. The zero-order chi connectivity index (χ0) is 16.4. The molecule has 1 atom stereocenters. The lowest BCUT2D eigenvalue weighted by atomic mass is 10.1. The molecule has 0 spiro atoms. The molecule has 3 rings (SSSR count). The van der Waals surface area contributed by atoms with E-state index in [1.807, 2.05) is 6.26 Å². The van der Waals surface area contributed by atoms with Gasteiger partial charge in [-0.05, 0) is 42.2 Å². The highest BCUT2D eigenvalue weighted by Gasteiger charge is 2.37. The molecule has 1 N–H and O–H groups in total. The van der Waals surface area contributed by atoms with E-state index in [1.165, 1.54) is 11.0 Å². The molecule has 0 aliphatic carbocycles. The highest BCUT2D eigenvalue weighted by Crippen LogP contribution is 2.23. The van der Waals surface area contributed by atoms with Gasteiger partial charge in [-0.1, -0.05) is 6.07 Å². The number of carbonyl (C=O) groups is 2. The van der Waals surface area contributed by atoms with Crippen LogP contribution in [0.15, 0.2) is 30.5 Å². The van der Waals surface area contributed by atoms with Gasteiger partial charge in [0.15, 0.2) is 0 Å². The largest absolute Gasteiger partial charge is 0.326 e. The maximum Gasteiger partial charge on any atom is 0.325 e. The summed E-state index contributed by atoms with van der Waals surface area (Å²) in [7, 11) is 0. The normalized spacial score (nSPS) is 17.8. The maximum absolute atomic E-state index is 13.8. The number of carbonyl (C=O) groups excluding carboxylic acids is 2. The number of nitrogens with one attached hydrogen (secondary N) is 1. The first-order valence-electron chi connectivity index (χ1n) is 7.24. The Kier molecular flexibility index (Phi) is 4.47. The molecule has 1 aromatic carbocycles. The summed E-state index contributed by atoms with van der Waals surface area (Å²) in [6.07, 6.45) is 4.12. The zero-order valence-electron chi connectivity index (χ0n) is 12.6. The Hall–Kier alpha value is -2.15. The molecular weight excluding hydrogens is 317 g/mol. The van der Waals surface area contributed by atoms with Crippen LogP contribution in [0.25, 0.3) is 10.9 Å². The van der Waals surface area contributed by atoms with Crippen LogP contribution in [0.4, 0.5) is 9.18 Å². The van der Waals surface area contributed by atoms with E-state index >= 15 is 0 Å². The predicted molar refractivity (Wildman–Crippen MR) is 87.6 cm³/mol. The van der Waals surface area contributed by atoms with Crippen LogP contribution in [0.1, 0.15) is 12.0 Å². The van der Waals surface area contributed by atoms with E-state index in [-0.39, 0.29) is 18.3 Å². The van der Waals surface area contributed by atoms with Gasteiger partial charge in [0.25, 0.3) is 5.91 Å². The lowest BCUT2D eigenvalue weighted by molar-refractivity contribution is -0.127. The van der Waals surface area contributed by atoms with E-state index in [0.717, 1.165) is 5.75 Å². The van der Waals surface area contributed by atoms with Crippen LogP contribution in [0.2, 0.25) is 0 Å². The van der Waals surface area contributed by atoms with Crippen molar-refractivity contribution in [3.05, 3.63) is 41.8 Å². The second-order valence-electron chi connectivity index (χ2n) is 5.31. The van der Waals surface area contributed by atoms with Gasteiger partial charge in [0, 0.05) is 11.6 Å². The Morgan fingerprint density at radius 1 is 1.35 bits per heavy atom. The number of imide groups is 1. The third-order valence-corrected chi connectivity index (χ3v) is 4.49. The number of benzene rings is 1. The molecule has 23 heavy (non-hydrogen) atoms. The van der Waals surface area contributed by atoms with Gasteiger partial charge in [-0.25, -0.2) is 9.18 Å². The number of aromatic nitrogens is 1. The molecule has 0 radical (unpaired) electrons. The molecule has 120 valence electrons. The SMILES string of the molecule is CSCCC1NC(=O)N(Cc2ccc(F)c3cccnc23)C1=O. The Morgan fingerprint density at radius 3 is 2.96 bits per heavy atom. The summed E-state index contributed by atoms with van der Waals surface area (Å²) in [5, 5.41) is 3.08. The van der Waals surface area contributed by atoms with E-state index < -0.39 is 12.1 Å². The molecule has 1 aliphatic heterocycles. The highest BCUT2D eigenvalue weighted by molar-refractivity contribution is 7.98. The number of pyridine rings is 1. The Morgan fingerprint density at radius 2 is 2.17 bits per heavy atom. The maximum atomic E-state index is 13.8. The molecule has 2 heterocycles. The average Bonchev–Trinajstić information content (AvgIpc) is 2.83. The van der Waals surface area contributed by atoms with E-state index in [4.69, 9.17) is 0 Å². The van der Waals surface area contributed by atoms with Crippen LogP contribution >= 0.6 is 11.8 Å². The van der Waals surface area contributed by atoms with Crippen molar-refractivity contribution in [2.45, 2.75) is 19.0 Å². The van der Waals surface area contributed by atoms with Crippen molar-refractivity contribution in [3.8, 4) is 0 Å². The molecule has 2 aromatic rings. The zero-order valence-corrected chi connectivity index (χ0v) is 13.4. The summed E-state index contributed by atoms with van der Waals surface area (Å²) >= 11 is 1.63. The molecule has 3 amide bonds. The Labute approximate surface area is 137 Å². The van der Waals surface area contributed by atoms with Crippen molar-refractivity contribution in [2.24, 2.45) is 0 Å². The lowest BCUT2D eigenvalue weighted by Gasteiger charge is -2.14. The van der Waals surface area contributed by atoms with Crippen molar-refractivity contribution in [1.29, 1.82) is 0 Å². The van der Waals surface area contributed by atoms with Gasteiger partial charge < -0.3 is 5.32 Å².